The fourth-order valence-corrected chi connectivity index (χ4v) is 8.10. The topological polar surface area (TPSA) is 0 Å². The maximum absolute atomic E-state index is 13.0. The molecule has 0 aromatic heterocycles. The summed E-state index contributed by atoms with van der Waals surface area (Å²) in [5, 5.41) is 1.29. The van der Waals surface area contributed by atoms with Crippen LogP contribution >= 0.6 is 23.2 Å². The highest BCUT2D eigenvalue weighted by molar-refractivity contribution is 6.31. The molecule has 0 amide bonds. The molecule has 458 valence electrons. The van der Waals surface area contributed by atoms with E-state index in [0.29, 0.717) is 16.0 Å². The zero-order chi connectivity index (χ0) is 63.7. The minimum absolute atomic E-state index is 0. The minimum Gasteiger partial charge on any atom is -0.207 e. The predicted molar refractivity (Wildman–Crippen MR) is 356 cm³/mol. The Morgan fingerprint density at radius 3 is 0.940 bits per heavy atom. The molecule has 0 heterocycles. The van der Waals surface area contributed by atoms with Crippen LogP contribution in [0.5, 0.6) is 0 Å². The average molecular weight is 1180 g/mol. The third-order valence-electron chi connectivity index (χ3n) is 13.2. The summed E-state index contributed by atoms with van der Waals surface area (Å²) in [5.41, 5.74) is 13.4. The standard InChI is InChI=1S/C11H15Cl.C11H14F2.2C11H15F.C11H16.C10H12ClF.C10H14.CH4/c1-8-5-9(11(2,3)4)7-10(12)6-8;1-7-5-8(11(2,3)4)6-9(12)10(7)13;1-8-5-9(11(2,3)4)7-10(12)6-8;1-8-7-9(11(2,3)4)5-6-10(8)12;1-9-5-7-10(8-6-9)11(2,3)4;1-10(2,3)7-4-8(11)6-9(12)5-7;1-10(2,3)9-7-5-4-6-8-9;/h5-7H,1-4H3;5-6H,1-4H3;2*5-7H,1-4H3;5-8H,1-4H3;4-6H,1-3H3;4-8H,1-3H3;1H4. The van der Waals surface area contributed by atoms with Crippen molar-refractivity contribution in [3.05, 3.63) is 245 Å². The zero-order valence-electron chi connectivity index (χ0n) is 54.9. The Labute approximate surface area is 513 Å². The molecule has 0 saturated carbocycles. The first-order valence-electron chi connectivity index (χ1n) is 28.4. The van der Waals surface area contributed by atoms with Crippen molar-refractivity contribution in [2.24, 2.45) is 0 Å². The third-order valence-corrected chi connectivity index (χ3v) is 13.6. The van der Waals surface area contributed by atoms with Crippen LogP contribution in [0.3, 0.4) is 0 Å². The second-order valence-corrected chi connectivity index (χ2v) is 29.6. The van der Waals surface area contributed by atoms with E-state index in [1.54, 1.807) is 38.1 Å². The molecule has 0 saturated heterocycles. The number of benzene rings is 7. The average Bonchev–Trinajstić information content (AvgIpc) is 3.30. The lowest BCUT2D eigenvalue weighted by molar-refractivity contribution is 0.493. The molecular weight excluding hydrogens is 1080 g/mol. The van der Waals surface area contributed by atoms with Crippen LogP contribution in [0.15, 0.2) is 140 Å². The molecule has 0 unspecified atom stereocenters. The largest absolute Gasteiger partial charge is 0.207 e. The van der Waals surface area contributed by atoms with E-state index < -0.39 is 11.6 Å². The van der Waals surface area contributed by atoms with E-state index in [1.807, 2.05) is 78.8 Å². The van der Waals surface area contributed by atoms with E-state index in [2.05, 4.69) is 178 Å². The molecule has 0 bridgehead atoms. The Bertz CT molecular complexity index is 2820. The Balaban J connectivity index is 0.000000944. The van der Waals surface area contributed by atoms with Crippen molar-refractivity contribution in [3.8, 4) is 0 Å². The van der Waals surface area contributed by atoms with Crippen molar-refractivity contribution < 1.29 is 22.0 Å². The molecule has 0 fully saturated rings. The van der Waals surface area contributed by atoms with Gasteiger partial charge >= 0.3 is 0 Å². The summed E-state index contributed by atoms with van der Waals surface area (Å²) in [6.07, 6.45) is 0. The summed E-state index contributed by atoms with van der Waals surface area (Å²) in [4.78, 5) is 0. The van der Waals surface area contributed by atoms with Crippen LogP contribution < -0.4 is 0 Å². The first-order chi connectivity index (χ1) is 37.0. The van der Waals surface area contributed by atoms with Crippen LogP contribution in [-0.2, 0) is 37.9 Å². The number of rotatable bonds is 0. The van der Waals surface area contributed by atoms with Gasteiger partial charge in [0.05, 0.1) is 0 Å². The van der Waals surface area contributed by atoms with E-state index in [9.17, 15) is 22.0 Å². The van der Waals surface area contributed by atoms with Crippen molar-refractivity contribution in [1.29, 1.82) is 0 Å². The predicted octanol–water partition coefficient (Wildman–Crippen LogP) is 25.1. The third kappa shape index (κ3) is 29.9. The van der Waals surface area contributed by atoms with E-state index in [1.165, 1.54) is 57.6 Å². The first-order valence-corrected chi connectivity index (χ1v) is 29.1. The summed E-state index contributed by atoms with van der Waals surface area (Å²) >= 11 is 11.7. The van der Waals surface area contributed by atoms with Crippen molar-refractivity contribution >= 4 is 23.2 Å². The zero-order valence-corrected chi connectivity index (χ0v) is 56.4. The molecular formula is C76H105Cl2F5. The van der Waals surface area contributed by atoms with Crippen LogP contribution in [0.2, 0.25) is 10.0 Å². The highest BCUT2D eigenvalue weighted by Gasteiger charge is 2.20. The number of aryl methyl sites for hydroxylation is 5. The van der Waals surface area contributed by atoms with Gasteiger partial charge in [-0.1, -0.05) is 267 Å². The Hall–Kier alpha value is -5.23. The van der Waals surface area contributed by atoms with Gasteiger partial charge in [-0.3, -0.25) is 0 Å². The lowest BCUT2D eigenvalue weighted by atomic mass is 9.86. The van der Waals surface area contributed by atoms with Crippen LogP contribution in [0, 0.1) is 63.7 Å². The van der Waals surface area contributed by atoms with E-state index in [4.69, 9.17) is 23.2 Å². The first kappa shape index (κ1) is 77.8. The molecule has 0 nitrogen and oxygen atoms in total. The molecule has 0 aliphatic rings. The van der Waals surface area contributed by atoms with Gasteiger partial charge in [-0.15, -0.1) is 0 Å². The van der Waals surface area contributed by atoms with E-state index >= 15 is 0 Å². The molecule has 0 aliphatic carbocycles. The summed E-state index contributed by atoms with van der Waals surface area (Å²) in [5.74, 6) is -2.03. The van der Waals surface area contributed by atoms with Gasteiger partial charge in [0.25, 0.3) is 0 Å². The van der Waals surface area contributed by atoms with Crippen molar-refractivity contribution in [1.82, 2.24) is 0 Å². The normalized spacial score (nSPS) is 11.6. The van der Waals surface area contributed by atoms with Gasteiger partial charge in [0.2, 0.25) is 0 Å². The maximum atomic E-state index is 13.0. The van der Waals surface area contributed by atoms with E-state index in [-0.39, 0.29) is 57.4 Å². The Morgan fingerprint density at radius 2 is 0.590 bits per heavy atom. The monoisotopic (exact) mass is 1180 g/mol. The van der Waals surface area contributed by atoms with Crippen molar-refractivity contribution in [2.45, 2.75) is 225 Å². The van der Waals surface area contributed by atoms with Crippen LogP contribution in [0.1, 0.15) is 220 Å². The lowest BCUT2D eigenvalue weighted by Crippen LogP contribution is -2.12. The van der Waals surface area contributed by atoms with Gasteiger partial charge in [0.1, 0.15) is 17.5 Å². The fraction of sp³-hybridized carbons (Fsp3) is 0.447. The molecule has 7 aromatic rings. The molecule has 0 aliphatic heterocycles. The number of halogens is 7. The molecule has 7 aromatic carbocycles. The van der Waals surface area contributed by atoms with Crippen LogP contribution in [0.4, 0.5) is 22.0 Å². The van der Waals surface area contributed by atoms with Gasteiger partial charge in [-0.05, 0) is 188 Å². The molecule has 0 N–H and O–H groups in total. The molecule has 0 radical (unpaired) electrons. The highest BCUT2D eigenvalue weighted by atomic mass is 35.5. The highest BCUT2D eigenvalue weighted by Crippen LogP contribution is 2.30. The van der Waals surface area contributed by atoms with Crippen molar-refractivity contribution in [3.63, 3.8) is 0 Å². The molecule has 0 atom stereocenters. The Morgan fingerprint density at radius 1 is 0.265 bits per heavy atom. The van der Waals surface area contributed by atoms with Crippen LogP contribution in [0.25, 0.3) is 0 Å². The second-order valence-electron chi connectivity index (χ2n) is 28.7. The smallest absolute Gasteiger partial charge is 0.161 e. The van der Waals surface area contributed by atoms with Crippen LogP contribution in [-0.4, -0.2) is 0 Å². The van der Waals surface area contributed by atoms with Gasteiger partial charge in [-0.2, -0.15) is 0 Å². The summed E-state index contributed by atoms with van der Waals surface area (Å²) in [6.45, 7) is 54.0. The second kappa shape index (κ2) is 32.3. The summed E-state index contributed by atoms with van der Waals surface area (Å²) in [6, 6.07) is 43.6. The van der Waals surface area contributed by atoms with Gasteiger partial charge in [-0.25, -0.2) is 22.0 Å². The van der Waals surface area contributed by atoms with Gasteiger partial charge in [0, 0.05) is 10.0 Å². The molecule has 83 heavy (non-hydrogen) atoms. The number of hydrogen-bond donors (Lipinski definition) is 0. The maximum Gasteiger partial charge on any atom is 0.161 e. The Kier molecular flexibility index (Phi) is 30.3. The minimum atomic E-state index is -0.759. The number of hydrogen-bond acceptors (Lipinski definition) is 0. The van der Waals surface area contributed by atoms with Gasteiger partial charge < -0.3 is 0 Å². The summed E-state index contributed by atoms with van der Waals surface area (Å²) in [7, 11) is 0. The molecule has 0 spiro atoms. The SMILES string of the molecule is C.CC(C)(C)c1cc(F)cc(Cl)c1.CC(C)(C)c1ccccc1.Cc1cc(C(C)(C)C)cc(F)c1F.Cc1cc(C(C)(C)C)ccc1F.Cc1cc(Cl)cc(C(C)(C)C)c1.Cc1cc(F)cc(C(C)(C)C)c1.Cc1ccc(C(C)(C)C)cc1. The quantitative estimate of drug-likeness (QED) is 0.133. The summed E-state index contributed by atoms with van der Waals surface area (Å²) < 4.78 is 64.6. The van der Waals surface area contributed by atoms with E-state index in [0.717, 1.165) is 32.8 Å². The fourth-order valence-electron chi connectivity index (χ4n) is 7.59. The molecule has 7 heteroatoms. The van der Waals surface area contributed by atoms with Crippen molar-refractivity contribution in [2.75, 3.05) is 0 Å². The lowest BCUT2D eigenvalue weighted by Gasteiger charge is -2.19. The molecule has 7 rings (SSSR count). The van der Waals surface area contributed by atoms with Gasteiger partial charge in [0.15, 0.2) is 11.6 Å².